The minimum Gasteiger partial charge on any atom is -0.458 e. The van der Waals surface area contributed by atoms with Gasteiger partial charge in [-0.05, 0) is 57.4 Å². The second-order valence-electron chi connectivity index (χ2n) is 6.51. The maximum atomic E-state index is 6.21. The van der Waals surface area contributed by atoms with Crippen molar-refractivity contribution < 1.29 is 8.85 Å². The van der Waals surface area contributed by atoms with Gasteiger partial charge in [-0.15, -0.1) is 0 Å². The molecule has 0 amide bonds. The number of epoxide rings is 1. The molecular formula is C12H26O2Si2. The largest absolute Gasteiger partial charge is 0.458 e. The summed E-state index contributed by atoms with van der Waals surface area (Å²) >= 11 is 0. The SMILES string of the molecule is C[SiH](CCC1CCC2OC2C1)O[Si](C)(C)C. The fourth-order valence-electron chi connectivity index (χ4n) is 2.88. The molecule has 1 aliphatic heterocycles. The van der Waals surface area contributed by atoms with Crippen LogP contribution in [0.1, 0.15) is 25.7 Å². The Bertz CT molecular complexity index is 240. The smallest absolute Gasteiger partial charge is 0.170 e. The molecule has 1 saturated heterocycles. The molecule has 0 aromatic rings. The van der Waals surface area contributed by atoms with Gasteiger partial charge in [0, 0.05) is 0 Å². The summed E-state index contributed by atoms with van der Waals surface area (Å²) in [6.45, 7) is 9.29. The van der Waals surface area contributed by atoms with Crippen molar-refractivity contribution in [3.8, 4) is 0 Å². The Balaban J connectivity index is 1.63. The summed E-state index contributed by atoms with van der Waals surface area (Å²) in [4.78, 5) is 0. The first kappa shape index (κ1) is 12.8. The summed E-state index contributed by atoms with van der Waals surface area (Å²) in [5.74, 6) is 0.934. The van der Waals surface area contributed by atoms with Crippen LogP contribution in [0.2, 0.25) is 32.2 Å². The number of hydrogen-bond donors (Lipinski definition) is 0. The van der Waals surface area contributed by atoms with Crippen molar-refractivity contribution in [1.82, 2.24) is 0 Å². The summed E-state index contributed by atoms with van der Waals surface area (Å²) < 4.78 is 11.8. The highest BCUT2D eigenvalue weighted by Crippen LogP contribution is 2.41. The monoisotopic (exact) mass is 258 g/mol. The van der Waals surface area contributed by atoms with Gasteiger partial charge in [-0.3, -0.25) is 0 Å². The lowest BCUT2D eigenvalue weighted by Gasteiger charge is -2.25. The van der Waals surface area contributed by atoms with Crippen molar-refractivity contribution in [3.63, 3.8) is 0 Å². The molecule has 4 unspecified atom stereocenters. The number of rotatable bonds is 5. The van der Waals surface area contributed by atoms with Gasteiger partial charge in [0.2, 0.25) is 0 Å². The van der Waals surface area contributed by atoms with E-state index in [1.165, 1.54) is 31.7 Å². The van der Waals surface area contributed by atoms with Crippen LogP contribution in [0.5, 0.6) is 0 Å². The van der Waals surface area contributed by atoms with Crippen molar-refractivity contribution in [2.75, 3.05) is 0 Å². The highest BCUT2D eigenvalue weighted by Gasteiger charge is 2.43. The highest BCUT2D eigenvalue weighted by molar-refractivity contribution is 6.77. The van der Waals surface area contributed by atoms with Crippen LogP contribution in [0.25, 0.3) is 0 Å². The molecule has 0 spiro atoms. The van der Waals surface area contributed by atoms with Gasteiger partial charge < -0.3 is 8.85 Å². The van der Waals surface area contributed by atoms with Crippen LogP contribution in [0, 0.1) is 5.92 Å². The molecule has 4 heteroatoms. The third kappa shape index (κ3) is 3.98. The van der Waals surface area contributed by atoms with Gasteiger partial charge in [0.25, 0.3) is 0 Å². The summed E-state index contributed by atoms with van der Waals surface area (Å²) in [6, 6.07) is 1.37. The lowest BCUT2D eigenvalue weighted by Crippen LogP contribution is -2.33. The van der Waals surface area contributed by atoms with Crippen LogP contribution < -0.4 is 0 Å². The van der Waals surface area contributed by atoms with E-state index >= 15 is 0 Å². The standard InChI is InChI=1S/C12H26O2Si2/c1-15(14-16(2,3)4)8-7-10-5-6-11-12(9-10)13-11/h10-12,15H,5-9H2,1-4H3. The maximum absolute atomic E-state index is 6.21. The Morgan fingerprint density at radius 2 is 2.00 bits per heavy atom. The quantitative estimate of drug-likeness (QED) is 0.558. The molecule has 94 valence electrons. The lowest BCUT2D eigenvalue weighted by molar-refractivity contribution is 0.356. The zero-order valence-electron chi connectivity index (χ0n) is 11.2. The van der Waals surface area contributed by atoms with Crippen molar-refractivity contribution in [1.29, 1.82) is 0 Å². The van der Waals surface area contributed by atoms with Crippen LogP contribution in [0.4, 0.5) is 0 Å². The van der Waals surface area contributed by atoms with Gasteiger partial charge >= 0.3 is 0 Å². The van der Waals surface area contributed by atoms with Crippen molar-refractivity contribution in [2.45, 2.75) is 70.1 Å². The van der Waals surface area contributed by atoms with E-state index in [1.807, 2.05) is 0 Å². The van der Waals surface area contributed by atoms with Gasteiger partial charge in [-0.2, -0.15) is 0 Å². The average molecular weight is 259 g/mol. The zero-order valence-corrected chi connectivity index (χ0v) is 13.3. The van der Waals surface area contributed by atoms with E-state index in [1.54, 1.807) is 0 Å². The van der Waals surface area contributed by atoms with Crippen LogP contribution in [0.3, 0.4) is 0 Å². The summed E-state index contributed by atoms with van der Waals surface area (Å²) in [6.07, 6.45) is 6.75. The van der Waals surface area contributed by atoms with Crippen LogP contribution in [0.15, 0.2) is 0 Å². The Kier molecular flexibility index (Phi) is 3.94. The molecule has 2 aliphatic rings. The van der Waals surface area contributed by atoms with Crippen molar-refractivity contribution >= 4 is 17.4 Å². The van der Waals surface area contributed by atoms with E-state index in [4.69, 9.17) is 8.85 Å². The maximum Gasteiger partial charge on any atom is 0.170 e. The average Bonchev–Trinajstić information content (AvgIpc) is 2.89. The van der Waals surface area contributed by atoms with Crippen molar-refractivity contribution in [3.05, 3.63) is 0 Å². The Labute approximate surface area is 103 Å². The van der Waals surface area contributed by atoms with Gasteiger partial charge in [0.05, 0.1) is 12.2 Å². The molecule has 0 radical (unpaired) electrons. The second-order valence-corrected chi connectivity index (χ2v) is 13.9. The van der Waals surface area contributed by atoms with Crippen molar-refractivity contribution in [2.24, 2.45) is 5.92 Å². The molecule has 1 saturated carbocycles. The van der Waals surface area contributed by atoms with Crippen LogP contribution in [-0.4, -0.2) is 29.6 Å². The van der Waals surface area contributed by atoms with Gasteiger partial charge in [-0.1, -0.05) is 6.42 Å². The highest BCUT2D eigenvalue weighted by atomic mass is 28.4. The molecule has 0 N–H and O–H groups in total. The lowest BCUT2D eigenvalue weighted by atomic mass is 9.88. The van der Waals surface area contributed by atoms with Gasteiger partial charge in [0.15, 0.2) is 17.4 Å². The fourth-order valence-corrected chi connectivity index (χ4v) is 9.12. The predicted octanol–water partition coefficient (Wildman–Crippen LogP) is 3.15. The van der Waals surface area contributed by atoms with E-state index in [9.17, 15) is 0 Å². The third-order valence-corrected chi connectivity index (χ3v) is 9.23. The molecule has 2 rings (SSSR count). The zero-order chi connectivity index (χ0) is 11.8. The van der Waals surface area contributed by atoms with E-state index in [-0.39, 0.29) is 0 Å². The molecule has 1 aliphatic carbocycles. The topological polar surface area (TPSA) is 21.8 Å². The first-order valence-corrected chi connectivity index (χ1v) is 12.6. The molecule has 1 heterocycles. The number of fused-ring (bicyclic) bond motifs is 1. The summed E-state index contributed by atoms with van der Waals surface area (Å²) in [5.41, 5.74) is 0. The Hall–Kier alpha value is 0.354. The molecule has 16 heavy (non-hydrogen) atoms. The Morgan fingerprint density at radius 1 is 1.25 bits per heavy atom. The third-order valence-electron chi connectivity index (χ3n) is 3.65. The summed E-state index contributed by atoms with van der Waals surface area (Å²) in [5, 5.41) is 0. The van der Waals surface area contributed by atoms with E-state index in [2.05, 4.69) is 26.2 Å². The Morgan fingerprint density at radius 3 is 2.62 bits per heavy atom. The van der Waals surface area contributed by atoms with E-state index in [0.717, 1.165) is 5.92 Å². The first-order valence-electron chi connectivity index (χ1n) is 6.77. The van der Waals surface area contributed by atoms with E-state index in [0.29, 0.717) is 12.2 Å². The minimum atomic E-state index is -1.28. The van der Waals surface area contributed by atoms with Gasteiger partial charge in [-0.25, -0.2) is 0 Å². The normalized spacial score (nSPS) is 35.6. The molecular weight excluding hydrogens is 232 g/mol. The second kappa shape index (κ2) is 4.92. The molecule has 0 aromatic carbocycles. The molecule has 2 fully saturated rings. The van der Waals surface area contributed by atoms with Crippen LogP contribution in [-0.2, 0) is 8.85 Å². The molecule has 4 atom stereocenters. The summed E-state index contributed by atoms with van der Waals surface area (Å²) in [7, 11) is -2.16. The minimum absolute atomic E-state index is 0.647. The van der Waals surface area contributed by atoms with E-state index < -0.39 is 17.4 Å². The predicted molar refractivity (Wildman–Crippen MR) is 72.9 cm³/mol. The first-order chi connectivity index (χ1) is 7.44. The molecule has 0 bridgehead atoms. The molecule has 2 nitrogen and oxygen atoms in total. The molecule has 0 aromatic heterocycles. The number of hydrogen-bond acceptors (Lipinski definition) is 2. The van der Waals surface area contributed by atoms with Crippen LogP contribution >= 0.6 is 0 Å². The fraction of sp³-hybridized carbons (Fsp3) is 1.00. The van der Waals surface area contributed by atoms with Gasteiger partial charge in [0.1, 0.15) is 0 Å². The number of ether oxygens (including phenoxy) is 1.